The highest BCUT2D eigenvalue weighted by Gasteiger charge is 2.02. The van der Waals surface area contributed by atoms with Crippen molar-refractivity contribution in [3.63, 3.8) is 0 Å². The van der Waals surface area contributed by atoms with E-state index in [1.54, 1.807) is 42.5 Å². The van der Waals surface area contributed by atoms with Crippen molar-refractivity contribution in [2.75, 3.05) is 13.2 Å². The lowest BCUT2D eigenvalue weighted by atomic mass is 10.2. The standard InChI is InChI=1S/C17H15ClN2O4/c18-14-4-8-16(9-5-14)24-12-11-19-17(21)10-3-13-1-6-15(7-2-13)20(22)23/h1-10H,11-12H2,(H,19,21). The minimum absolute atomic E-state index is 0.0101. The van der Waals surface area contributed by atoms with Gasteiger partial charge in [0.2, 0.25) is 5.91 Å². The molecular formula is C17H15ClN2O4. The van der Waals surface area contributed by atoms with Crippen LogP contribution in [-0.2, 0) is 4.79 Å². The van der Waals surface area contributed by atoms with E-state index >= 15 is 0 Å². The molecule has 2 rings (SSSR count). The molecule has 0 heterocycles. The van der Waals surface area contributed by atoms with Crippen molar-refractivity contribution in [1.82, 2.24) is 5.32 Å². The number of nitrogens with one attached hydrogen (secondary N) is 1. The molecule has 1 amide bonds. The number of benzene rings is 2. The summed E-state index contributed by atoms with van der Waals surface area (Å²) in [7, 11) is 0. The van der Waals surface area contributed by atoms with E-state index in [4.69, 9.17) is 16.3 Å². The van der Waals surface area contributed by atoms with Gasteiger partial charge in [-0.1, -0.05) is 11.6 Å². The van der Waals surface area contributed by atoms with Crippen LogP contribution in [0.4, 0.5) is 5.69 Å². The average Bonchev–Trinajstić information content (AvgIpc) is 2.59. The Labute approximate surface area is 143 Å². The number of rotatable bonds is 7. The number of amides is 1. The summed E-state index contributed by atoms with van der Waals surface area (Å²) < 4.78 is 5.45. The molecule has 0 aliphatic carbocycles. The lowest BCUT2D eigenvalue weighted by molar-refractivity contribution is -0.384. The minimum Gasteiger partial charge on any atom is -0.492 e. The number of non-ortho nitro benzene ring substituents is 1. The normalized spacial score (nSPS) is 10.5. The van der Waals surface area contributed by atoms with E-state index in [0.717, 1.165) is 0 Å². The summed E-state index contributed by atoms with van der Waals surface area (Å²) in [5, 5.41) is 13.9. The van der Waals surface area contributed by atoms with Gasteiger partial charge < -0.3 is 10.1 Å². The number of halogens is 1. The molecule has 1 N–H and O–H groups in total. The predicted molar refractivity (Wildman–Crippen MR) is 92.1 cm³/mol. The molecule has 0 saturated carbocycles. The first-order valence-corrected chi connectivity index (χ1v) is 7.51. The van der Waals surface area contributed by atoms with Gasteiger partial charge in [0.25, 0.3) is 5.69 Å². The SMILES string of the molecule is O=C(C=Cc1ccc([N+](=O)[O-])cc1)NCCOc1ccc(Cl)cc1. The fraction of sp³-hybridized carbons (Fsp3) is 0.118. The molecule has 0 aromatic heterocycles. The molecule has 0 aliphatic heterocycles. The van der Waals surface area contributed by atoms with Crippen LogP contribution >= 0.6 is 11.6 Å². The molecule has 0 fully saturated rings. The van der Waals surface area contributed by atoms with Gasteiger partial charge in [-0.2, -0.15) is 0 Å². The number of ether oxygens (including phenoxy) is 1. The molecule has 0 saturated heterocycles. The summed E-state index contributed by atoms with van der Waals surface area (Å²) >= 11 is 5.77. The third kappa shape index (κ3) is 5.73. The Bertz CT molecular complexity index is 727. The first-order chi connectivity index (χ1) is 11.5. The maximum absolute atomic E-state index is 11.7. The Morgan fingerprint density at radius 1 is 1.17 bits per heavy atom. The van der Waals surface area contributed by atoms with Crippen molar-refractivity contribution in [2.24, 2.45) is 0 Å². The van der Waals surface area contributed by atoms with E-state index in [2.05, 4.69) is 5.32 Å². The molecule has 6 nitrogen and oxygen atoms in total. The van der Waals surface area contributed by atoms with Gasteiger partial charge in [0.1, 0.15) is 12.4 Å². The molecule has 0 atom stereocenters. The summed E-state index contributed by atoms with van der Waals surface area (Å²) in [6, 6.07) is 12.9. The Kier molecular flexibility index (Phi) is 6.33. The summed E-state index contributed by atoms with van der Waals surface area (Å²) in [4.78, 5) is 21.7. The highest BCUT2D eigenvalue weighted by Crippen LogP contribution is 2.15. The van der Waals surface area contributed by atoms with E-state index in [1.807, 2.05) is 0 Å². The smallest absolute Gasteiger partial charge is 0.269 e. The number of nitro benzene ring substituents is 1. The molecule has 0 spiro atoms. The van der Waals surface area contributed by atoms with E-state index in [-0.39, 0.29) is 11.6 Å². The van der Waals surface area contributed by atoms with Gasteiger partial charge in [-0.05, 0) is 48.0 Å². The Hall–Kier alpha value is -2.86. The number of nitro groups is 1. The molecule has 24 heavy (non-hydrogen) atoms. The van der Waals surface area contributed by atoms with Crippen molar-refractivity contribution >= 4 is 29.3 Å². The number of nitrogens with zero attached hydrogens (tertiary/aromatic N) is 1. The highest BCUT2D eigenvalue weighted by atomic mass is 35.5. The molecule has 0 bridgehead atoms. The van der Waals surface area contributed by atoms with Crippen molar-refractivity contribution in [2.45, 2.75) is 0 Å². The van der Waals surface area contributed by atoms with E-state index < -0.39 is 4.92 Å². The largest absolute Gasteiger partial charge is 0.492 e. The van der Waals surface area contributed by atoms with Crippen molar-refractivity contribution in [3.8, 4) is 5.75 Å². The number of hydrogen-bond acceptors (Lipinski definition) is 4. The van der Waals surface area contributed by atoms with Gasteiger partial charge in [-0.15, -0.1) is 0 Å². The second kappa shape index (κ2) is 8.69. The van der Waals surface area contributed by atoms with E-state index in [0.29, 0.717) is 29.5 Å². The fourth-order valence-electron chi connectivity index (χ4n) is 1.81. The molecular weight excluding hydrogens is 332 g/mol. The van der Waals surface area contributed by atoms with Gasteiger partial charge in [-0.3, -0.25) is 14.9 Å². The molecule has 0 unspecified atom stereocenters. The zero-order valence-electron chi connectivity index (χ0n) is 12.6. The molecule has 7 heteroatoms. The highest BCUT2D eigenvalue weighted by molar-refractivity contribution is 6.30. The van der Waals surface area contributed by atoms with Crippen LogP contribution < -0.4 is 10.1 Å². The molecule has 0 radical (unpaired) electrons. The minimum atomic E-state index is -0.471. The summed E-state index contributed by atoms with van der Waals surface area (Å²) in [6.45, 7) is 0.685. The molecule has 124 valence electrons. The third-order valence-electron chi connectivity index (χ3n) is 3.01. The number of hydrogen-bond donors (Lipinski definition) is 1. The number of carbonyl (C=O) groups is 1. The van der Waals surface area contributed by atoms with Crippen LogP contribution in [0.2, 0.25) is 5.02 Å². The maximum Gasteiger partial charge on any atom is 0.269 e. The summed E-state index contributed by atoms with van der Waals surface area (Å²) in [6.07, 6.45) is 2.95. The van der Waals surface area contributed by atoms with Crippen LogP contribution in [0.1, 0.15) is 5.56 Å². The lowest BCUT2D eigenvalue weighted by Gasteiger charge is -2.06. The quantitative estimate of drug-likeness (QED) is 0.360. The summed E-state index contributed by atoms with van der Waals surface area (Å²) in [5.41, 5.74) is 0.712. The first-order valence-electron chi connectivity index (χ1n) is 7.13. The number of carbonyl (C=O) groups excluding carboxylic acids is 1. The zero-order chi connectivity index (χ0) is 17.4. The molecule has 0 aliphatic rings. The molecule has 2 aromatic carbocycles. The Balaban J connectivity index is 1.72. The second-order valence-electron chi connectivity index (χ2n) is 4.78. The van der Waals surface area contributed by atoms with Gasteiger partial charge >= 0.3 is 0 Å². The Morgan fingerprint density at radius 3 is 2.46 bits per heavy atom. The van der Waals surface area contributed by atoms with Crippen molar-refractivity contribution in [1.29, 1.82) is 0 Å². The van der Waals surface area contributed by atoms with Crippen LogP contribution in [0.5, 0.6) is 5.75 Å². The zero-order valence-corrected chi connectivity index (χ0v) is 13.4. The van der Waals surface area contributed by atoms with Gasteiger partial charge in [-0.25, -0.2) is 0 Å². The van der Waals surface area contributed by atoms with E-state index in [1.165, 1.54) is 18.2 Å². The van der Waals surface area contributed by atoms with E-state index in [9.17, 15) is 14.9 Å². The second-order valence-corrected chi connectivity index (χ2v) is 5.21. The predicted octanol–water partition coefficient (Wildman–Crippen LogP) is 3.46. The fourth-order valence-corrected chi connectivity index (χ4v) is 1.94. The van der Waals surface area contributed by atoms with Gasteiger partial charge in [0.15, 0.2) is 0 Å². The van der Waals surface area contributed by atoms with Crippen molar-refractivity contribution in [3.05, 3.63) is 75.3 Å². The van der Waals surface area contributed by atoms with Gasteiger partial charge in [0.05, 0.1) is 11.5 Å². The lowest BCUT2D eigenvalue weighted by Crippen LogP contribution is -2.26. The maximum atomic E-state index is 11.7. The molecule has 2 aromatic rings. The van der Waals surface area contributed by atoms with Crippen LogP contribution in [0.15, 0.2) is 54.6 Å². The van der Waals surface area contributed by atoms with Crippen LogP contribution in [0, 0.1) is 10.1 Å². The van der Waals surface area contributed by atoms with Crippen molar-refractivity contribution < 1.29 is 14.5 Å². The first kappa shape index (κ1) is 17.5. The summed E-state index contributed by atoms with van der Waals surface area (Å²) in [5.74, 6) is 0.406. The van der Waals surface area contributed by atoms with Crippen LogP contribution in [-0.4, -0.2) is 24.0 Å². The average molecular weight is 347 g/mol. The van der Waals surface area contributed by atoms with Gasteiger partial charge in [0, 0.05) is 23.2 Å². The third-order valence-corrected chi connectivity index (χ3v) is 3.27. The Morgan fingerprint density at radius 2 is 1.83 bits per heavy atom. The van der Waals surface area contributed by atoms with Crippen LogP contribution in [0.3, 0.4) is 0 Å². The monoisotopic (exact) mass is 346 g/mol. The topological polar surface area (TPSA) is 81.5 Å². The van der Waals surface area contributed by atoms with Crippen LogP contribution in [0.25, 0.3) is 6.08 Å².